The fraction of sp³-hybridized carbons (Fsp3) is 0.314. The summed E-state index contributed by atoms with van der Waals surface area (Å²) in [5, 5.41) is 11.0. The number of aliphatic hydroxyl groups is 1. The van der Waals surface area contributed by atoms with Crippen molar-refractivity contribution in [2.24, 2.45) is 0 Å². The predicted molar refractivity (Wildman–Crippen MR) is 162 cm³/mol. The minimum atomic E-state index is -2.53. The minimum Gasteiger partial charge on any atom is -0.488 e. The topological polar surface area (TPSA) is 57.2 Å². The summed E-state index contributed by atoms with van der Waals surface area (Å²) in [7, 11) is 0. The Morgan fingerprint density at radius 3 is 2.09 bits per heavy atom. The van der Waals surface area contributed by atoms with Gasteiger partial charge in [-0.25, -0.2) is 8.78 Å². The Kier molecular flexibility index (Phi) is 11.1. The number of hydrogen-bond acceptors (Lipinski definition) is 5. The molecular weight excluding hydrogens is 574 g/mol. The third kappa shape index (κ3) is 8.85. The lowest BCUT2D eigenvalue weighted by Gasteiger charge is -2.41. The second-order valence-electron chi connectivity index (χ2n) is 10.6. The molecule has 1 fully saturated rings. The van der Waals surface area contributed by atoms with E-state index in [4.69, 9.17) is 30.5 Å². The van der Waals surface area contributed by atoms with Crippen molar-refractivity contribution in [2.75, 3.05) is 13.2 Å². The van der Waals surface area contributed by atoms with Gasteiger partial charge >= 0.3 is 0 Å². The molecule has 0 saturated carbocycles. The van der Waals surface area contributed by atoms with Crippen molar-refractivity contribution in [3.8, 4) is 5.75 Å². The summed E-state index contributed by atoms with van der Waals surface area (Å²) in [6.07, 6.45) is -3.21. The fourth-order valence-electron chi connectivity index (χ4n) is 5.22. The first-order valence-corrected chi connectivity index (χ1v) is 14.7. The Hall–Kier alpha value is -3.33. The van der Waals surface area contributed by atoms with Crippen LogP contribution in [0.15, 0.2) is 103 Å². The standard InChI is InChI=1S/C35H35ClF2O5/c36-30-16-13-27(18-28(30)17-24-11-14-29(15-12-24)40-23-34(37)38)31-19-32(41-21-25-7-3-1-4-8-25)35(33(20-39)43-31)42-22-26-9-5-2-6-10-26/h1-16,18,31-35,39H,17,19-23H2. The van der Waals surface area contributed by atoms with E-state index in [9.17, 15) is 13.9 Å². The molecule has 4 atom stereocenters. The van der Waals surface area contributed by atoms with E-state index in [0.29, 0.717) is 36.8 Å². The number of halogens is 3. The van der Waals surface area contributed by atoms with Gasteiger partial charge in [0.05, 0.1) is 32.0 Å². The summed E-state index contributed by atoms with van der Waals surface area (Å²) in [6.45, 7) is -0.0814. The summed E-state index contributed by atoms with van der Waals surface area (Å²) < 4.78 is 49.2. The molecule has 0 aromatic heterocycles. The van der Waals surface area contributed by atoms with Crippen LogP contribution < -0.4 is 4.74 Å². The molecule has 0 aliphatic carbocycles. The number of aliphatic hydroxyl groups excluding tert-OH is 1. The van der Waals surface area contributed by atoms with Crippen molar-refractivity contribution in [3.63, 3.8) is 0 Å². The number of alkyl halides is 2. The Balaban J connectivity index is 1.32. The summed E-state index contributed by atoms with van der Waals surface area (Å²) in [5.41, 5.74) is 4.85. The SMILES string of the molecule is OCC1OC(c2ccc(Cl)c(Cc3ccc(OCC(F)F)cc3)c2)CC(OCc2ccccc2)C1OCc1ccccc1. The third-order valence-electron chi connectivity index (χ3n) is 7.43. The average Bonchev–Trinajstić information content (AvgIpc) is 3.04. The van der Waals surface area contributed by atoms with Crippen molar-refractivity contribution in [2.45, 2.75) is 56.9 Å². The summed E-state index contributed by atoms with van der Waals surface area (Å²) in [4.78, 5) is 0. The van der Waals surface area contributed by atoms with Gasteiger partial charge < -0.3 is 24.1 Å². The van der Waals surface area contributed by atoms with Crippen LogP contribution in [0.4, 0.5) is 8.78 Å². The zero-order valence-corrected chi connectivity index (χ0v) is 24.4. The Labute approximate surface area is 255 Å². The molecule has 4 unspecified atom stereocenters. The normalized spacial score (nSPS) is 20.3. The summed E-state index contributed by atoms with van der Waals surface area (Å²) >= 11 is 6.59. The van der Waals surface area contributed by atoms with Gasteiger partial charge in [0.25, 0.3) is 6.43 Å². The van der Waals surface area contributed by atoms with Crippen molar-refractivity contribution >= 4 is 11.6 Å². The lowest BCUT2D eigenvalue weighted by atomic mass is 9.92. The molecule has 1 saturated heterocycles. The second-order valence-corrected chi connectivity index (χ2v) is 11.0. The summed E-state index contributed by atoms with van der Waals surface area (Å²) in [5.74, 6) is 0.389. The van der Waals surface area contributed by atoms with Gasteiger partial charge in [0.15, 0.2) is 0 Å². The van der Waals surface area contributed by atoms with Crippen LogP contribution in [0, 0.1) is 0 Å². The van der Waals surface area contributed by atoms with Crippen LogP contribution in [0.25, 0.3) is 0 Å². The van der Waals surface area contributed by atoms with Gasteiger partial charge in [0.1, 0.15) is 24.6 Å². The molecule has 0 amide bonds. The van der Waals surface area contributed by atoms with Gasteiger partial charge in [0.2, 0.25) is 0 Å². The van der Waals surface area contributed by atoms with E-state index in [1.807, 2.05) is 91.0 Å². The maximum absolute atomic E-state index is 12.5. The molecule has 226 valence electrons. The Bertz CT molecular complexity index is 1410. The fourth-order valence-corrected chi connectivity index (χ4v) is 5.41. The molecule has 4 aromatic carbocycles. The molecule has 1 N–H and O–H groups in total. The number of ether oxygens (including phenoxy) is 4. The second kappa shape index (κ2) is 15.4. The molecule has 0 bridgehead atoms. The molecule has 1 heterocycles. The van der Waals surface area contributed by atoms with Crippen LogP contribution >= 0.6 is 11.6 Å². The van der Waals surface area contributed by atoms with E-state index in [2.05, 4.69) is 0 Å². The highest BCUT2D eigenvalue weighted by molar-refractivity contribution is 6.31. The van der Waals surface area contributed by atoms with Crippen molar-refractivity contribution < 1.29 is 32.8 Å². The van der Waals surface area contributed by atoms with Crippen LogP contribution in [-0.4, -0.2) is 43.1 Å². The first-order chi connectivity index (χ1) is 21.0. The molecule has 43 heavy (non-hydrogen) atoms. The largest absolute Gasteiger partial charge is 0.488 e. The minimum absolute atomic E-state index is 0.221. The molecule has 4 aromatic rings. The highest BCUT2D eigenvalue weighted by Gasteiger charge is 2.40. The zero-order chi connectivity index (χ0) is 30.0. The van der Waals surface area contributed by atoms with E-state index in [-0.39, 0.29) is 18.8 Å². The molecule has 8 heteroatoms. The van der Waals surface area contributed by atoms with Crippen LogP contribution in [0.3, 0.4) is 0 Å². The number of benzene rings is 4. The summed E-state index contributed by atoms with van der Waals surface area (Å²) in [6, 6.07) is 32.7. The molecule has 1 aliphatic rings. The van der Waals surface area contributed by atoms with Crippen molar-refractivity contribution in [3.05, 3.63) is 136 Å². The molecule has 5 nitrogen and oxygen atoms in total. The highest BCUT2D eigenvalue weighted by Crippen LogP contribution is 2.37. The average molecular weight is 609 g/mol. The van der Waals surface area contributed by atoms with Gasteiger partial charge in [-0.3, -0.25) is 0 Å². The van der Waals surface area contributed by atoms with Crippen molar-refractivity contribution in [1.29, 1.82) is 0 Å². The van der Waals surface area contributed by atoms with Gasteiger partial charge in [-0.2, -0.15) is 0 Å². The van der Waals surface area contributed by atoms with Crippen LogP contribution in [0.5, 0.6) is 5.75 Å². The van der Waals surface area contributed by atoms with E-state index in [0.717, 1.165) is 27.8 Å². The van der Waals surface area contributed by atoms with Gasteiger partial charge in [-0.15, -0.1) is 0 Å². The van der Waals surface area contributed by atoms with E-state index < -0.39 is 25.2 Å². The van der Waals surface area contributed by atoms with E-state index in [1.165, 1.54) is 0 Å². The van der Waals surface area contributed by atoms with Crippen LogP contribution in [0.1, 0.15) is 40.3 Å². The Morgan fingerprint density at radius 1 is 0.814 bits per heavy atom. The van der Waals surface area contributed by atoms with Crippen LogP contribution in [0.2, 0.25) is 5.02 Å². The highest BCUT2D eigenvalue weighted by atomic mass is 35.5. The van der Waals surface area contributed by atoms with Crippen LogP contribution in [-0.2, 0) is 33.8 Å². The predicted octanol–water partition coefficient (Wildman–Crippen LogP) is 7.57. The molecule has 0 radical (unpaired) electrons. The Morgan fingerprint density at radius 2 is 1.47 bits per heavy atom. The lowest BCUT2D eigenvalue weighted by Crippen LogP contribution is -2.50. The first-order valence-electron chi connectivity index (χ1n) is 14.3. The number of rotatable bonds is 13. The van der Waals surface area contributed by atoms with Gasteiger partial charge in [-0.05, 0) is 52.4 Å². The molecule has 1 aliphatic heterocycles. The molecular formula is C35H35ClF2O5. The van der Waals surface area contributed by atoms with E-state index in [1.54, 1.807) is 12.1 Å². The zero-order valence-electron chi connectivity index (χ0n) is 23.7. The van der Waals surface area contributed by atoms with Gasteiger partial charge in [0, 0.05) is 11.4 Å². The lowest BCUT2D eigenvalue weighted by molar-refractivity contribution is -0.217. The van der Waals surface area contributed by atoms with Crippen molar-refractivity contribution in [1.82, 2.24) is 0 Å². The first kappa shape index (κ1) is 31.1. The smallest absolute Gasteiger partial charge is 0.272 e. The van der Waals surface area contributed by atoms with Gasteiger partial charge in [-0.1, -0.05) is 96.5 Å². The molecule has 0 spiro atoms. The monoisotopic (exact) mass is 608 g/mol. The molecule has 5 rings (SSSR count). The number of hydrogen-bond donors (Lipinski definition) is 1. The van der Waals surface area contributed by atoms with E-state index >= 15 is 0 Å². The maximum atomic E-state index is 12.5. The maximum Gasteiger partial charge on any atom is 0.272 e. The third-order valence-corrected chi connectivity index (χ3v) is 7.79. The quantitative estimate of drug-likeness (QED) is 0.170.